The molecule has 28 heavy (non-hydrogen) atoms. The SMILES string of the molecule is CC1CCCCC1n1c(-c2ccccc2)csc1=Nc1ccccc1[N+](=O)[O-]. The average Bonchev–Trinajstić information content (AvgIpc) is 3.12. The second-order valence-corrected chi connectivity index (χ2v) is 8.16. The zero-order chi connectivity index (χ0) is 19.5. The largest absolute Gasteiger partial charge is 0.313 e. The van der Waals surface area contributed by atoms with Gasteiger partial charge >= 0.3 is 0 Å². The van der Waals surface area contributed by atoms with Crippen LogP contribution in [0.15, 0.2) is 65.0 Å². The minimum Gasteiger partial charge on any atom is -0.313 e. The van der Waals surface area contributed by atoms with Crippen LogP contribution >= 0.6 is 11.3 Å². The summed E-state index contributed by atoms with van der Waals surface area (Å²) in [6.45, 7) is 2.30. The van der Waals surface area contributed by atoms with E-state index in [1.807, 2.05) is 18.2 Å². The molecule has 0 N–H and O–H groups in total. The molecule has 1 fully saturated rings. The van der Waals surface area contributed by atoms with Gasteiger partial charge in [0.05, 0.1) is 10.6 Å². The van der Waals surface area contributed by atoms with E-state index in [2.05, 4.69) is 29.0 Å². The fourth-order valence-electron chi connectivity index (χ4n) is 4.04. The van der Waals surface area contributed by atoms with Crippen LogP contribution in [0.3, 0.4) is 0 Å². The third-order valence-corrected chi connectivity index (χ3v) is 6.34. The Morgan fingerprint density at radius 3 is 2.54 bits per heavy atom. The lowest BCUT2D eigenvalue weighted by atomic mass is 9.85. The monoisotopic (exact) mass is 393 g/mol. The van der Waals surface area contributed by atoms with Crippen molar-refractivity contribution in [1.82, 2.24) is 4.57 Å². The number of nitrogens with zero attached hydrogens (tertiary/aromatic N) is 3. The summed E-state index contributed by atoms with van der Waals surface area (Å²) in [5.74, 6) is 0.551. The number of hydrogen-bond acceptors (Lipinski definition) is 4. The van der Waals surface area contributed by atoms with Crippen LogP contribution < -0.4 is 4.80 Å². The lowest BCUT2D eigenvalue weighted by Crippen LogP contribution is -2.28. The highest BCUT2D eigenvalue weighted by Crippen LogP contribution is 2.36. The van der Waals surface area contributed by atoms with Gasteiger partial charge in [-0.2, -0.15) is 0 Å². The van der Waals surface area contributed by atoms with Crippen LogP contribution in [-0.2, 0) is 0 Å². The maximum absolute atomic E-state index is 11.4. The molecule has 1 heterocycles. The Balaban J connectivity index is 1.91. The van der Waals surface area contributed by atoms with Gasteiger partial charge in [0, 0.05) is 17.5 Å². The molecule has 1 aliphatic carbocycles. The van der Waals surface area contributed by atoms with Gasteiger partial charge < -0.3 is 4.57 Å². The summed E-state index contributed by atoms with van der Waals surface area (Å²) >= 11 is 1.56. The van der Waals surface area contributed by atoms with Crippen molar-refractivity contribution in [2.24, 2.45) is 10.9 Å². The first kappa shape index (κ1) is 18.6. The third-order valence-electron chi connectivity index (χ3n) is 5.50. The first-order valence-corrected chi connectivity index (χ1v) is 10.6. The van der Waals surface area contributed by atoms with E-state index in [0.29, 0.717) is 17.6 Å². The number of thiazole rings is 1. The van der Waals surface area contributed by atoms with Crippen LogP contribution in [0, 0.1) is 16.0 Å². The van der Waals surface area contributed by atoms with E-state index in [9.17, 15) is 10.1 Å². The van der Waals surface area contributed by atoms with Crippen LogP contribution in [0.5, 0.6) is 0 Å². The van der Waals surface area contributed by atoms with Gasteiger partial charge in [-0.25, -0.2) is 4.99 Å². The highest BCUT2D eigenvalue weighted by molar-refractivity contribution is 7.07. The molecule has 0 aliphatic heterocycles. The average molecular weight is 394 g/mol. The Morgan fingerprint density at radius 1 is 1.07 bits per heavy atom. The molecule has 1 aromatic heterocycles. The molecule has 2 aromatic carbocycles. The lowest BCUT2D eigenvalue weighted by molar-refractivity contribution is -0.384. The minimum atomic E-state index is -0.363. The van der Waals surface area contributed by atoms with Crippen molar-refractivity contribution in [1.29, 1.82) is 0 Å². The molecule has 144 valence electrons. The summed E-state index contributed by atoms with van der Waals surface area (Å²) in [5.41, 5.74) is 2.74. The van der Waals surface area contributed by atoms with Gasteiger partial charge in [-0.15, -0.1) is 11.3 Å². The zero-order valence-electron chi connectivity index (χ0n) is 15.8. The van der Waals surface area contributed by atoms with Crippen molar-refractivity contribution < 1.29 is 4.92 Å². The first-order chi connectivity index (χ1) is 13.6. The fourth-order valence-corrected chi connectivity index (χ4v) is 5.00. The van der Waals surface area contributed by atoms with Gasteiger partial charge in [0.1, 0.15) is 5.69 Å². The smallest absolute Gasteiger partial charge is 0.294 e. The molecule has 2 unspecified atom stereocenters. The predicted octanol–water partition coefficient (Wildman–Crippen LogP) is 6.11. The molecule has 1 aliphatic rings. The highest BCUT2D eigenvalue weighted by atomic mass is 32.1. The zero-order valence-corrected chi connectivity index (χ0v) is 16.6. The highest BCUT2D eigenvalue weighted by Gasteiger charge is 2.26. The number of nitro groups is 1. The van der Waals surface area contributed by atoms with Crippen molar-refractivity contribution >= 4 is 22.7 Å². The Morgan fingerprint density at radius 2 is 1.79 bits per heavy atom. The number of hydrogen-bond donors (Lipinski definition) is 0. The molecule has 0 saturated heterocycles. The van der Waals surface area contributed by atoms with E-state index in [4.69, 9.17) is 4.99 Å². The maximum Gasteiger partial charge on any atom is 0.294 e. The Hall–Kier alpha value is -2.73. The second kappa shape index (κ2) is 8.10. The molecule has 3 aromatic rings. The van der Waals surface area contributed by atoms with E-state index < -0.39 is 0 Å². The van der Waals surface area contributed by atoms with Crippen LogP contribution in [0.2, 0.25) is 0 Å². The van der Waals surface area contributed by atoms with E-state index in [1.165, 1.54) is 25.3 Å². The number of nitro benzene ring substituents is 1. The van der Waals surface area contributed by atoms with Gasteiger partial charge in [-0.1, -0.05) is 62.2 Å². The molecule has 2 atom stereocenters. The van der Waals surface area contributed by atoms with Gasteiger partial charge in [0.2, 0.25) is 0 Å². The van der Waals surface area contributed by atoms with E-state index in [1.54, 1.807) is 29.5 Å². The van der Waals surface area contributed by atoms with E-state index in [-0.39, 0.29) is 10.6 Å². The molecule has 1 saturated carbocycles. The van der Waals surface area contributed by atoms with Crippen molar-refractivity contribution in [3.63, 3.8) is 0 Å². The van der Waals surface area contributed by atoms with Crippen molar-refractivity contribution in [3.05, 3.63) is 74.9 Å². The number of para-hydroxylation sites is 2. The summed E-state index contributed by atoms with van der Waals surface area (Å²) in [6.07, 6.45) is 4.78. The Bertz CT molecular complexity index is 1040. The molecule has 0 amide bonds. The summed E-state index contributed by atoms with van der Waals surface area (Å²) < 4.78 is 2.32. The minimum absolute atomic E-state index is 0.0420. The molecule has 5 nitrogen and oxygen atoms in total. The Kier molecular flexibility index (Phi) is 5.39. The summed E-state index contributed by atoms with van der Waals surface area (Å²) in [7, 11) is 0. The molecule has 4 rings (SSSR count). The topological polar surface area (TPSA) is 60.4 Å². The van der Waals surface area contributed by atoms with Gasteiger partial charge in [-0.3, -0.25) is 10.1 Å². The molecular weight excluding hydrogens is 370 g/mol. The fraction of sp³-hybridized carbons (Fsp3) is 0.318. The number of benzene rings is 2. The summed E-state index contributed by atoms with van der Waals surface area (Å²) in [6, 6.07) is 17.4. The van der Waals surface area contributed by atoms with Crippen LogP contribution in [-0.4, -0.2) is 9.49 Å². The predicted molar refractivity (Wildman–Crippen MR) is 113 cm³/mol. The molecular formula is C22H23N3O2S. The molecule has 0 radical (unpaired) electrons. The molecule has 0 spiro atoms. The molecule has 6 heteroatoms. The number of aromatic nitrogens is 1. The normalized spacial score (nSPS) is 20.2. The summed E-state index contributed by atoms with van der Waals surface area (Å²) in [4.78, 5) is 16.6. The van der Waals surface area contributed by atoms with Gasteiger partial charge in [-0.05, 0) is 30.4 Å². The van der Waals surface area contributed by atoms with E-state index in [0.717, 1.165) is 22.5 Å². The standard InChI is InChI=1S/C22H23N3O2S/c1-16-9-5-7-13-19(16)24-21(17-10-3-2-4-11-17)15-28-22(24)23-18-12-6-8-14-20(18)25(26)27/h2-4,6,8,10-12,14-16,19H,5,7,9,13H2,1H3. The Labute approximate surface area is 168 Å². The van der Waals surface area contributed by atoms with Crippen LogP contribution in [0.25, 0.3) is 11.3 Å². The second-order valence-electron chi connectivity index (χ2n) is 7.33. The van der Waals surface area contributed by atoms with Gasteiger partial charge in [0.25, 0.3) is 5.69 Å². The van der Waals surface area contributed by atoms with E-state index >= 15 is 0 Å². The summed E-state index contributed by atoms with van der Waals surface area (Å²) in [5, 5.41) is 13.5. The van der Waals surface area contributed by atoms with Crippen LogP contribution in [0.1, 0.15) is 38.6 Å². The maximum atomic E-state index is 11.4. The van der Waals surface area contributed by atoms with Crippen molar-refractivity contribution in [3.8, 4) is 11.3 Å². The number of rotatable bonds is 4. The molecule has 0 bridgehead atoms. The van der Waals surface area contributed by atoms with Crippen molar-refractivity contribution in [2.75, 3.05) is 0 Å². The first-order valence-electron chi connectivity index (χ1n) is 9.69. The van der Waals surface area contributed by atoms with Crippen LogP contribution in [0.4, 0.5) is 11.4 Å². The third kappa shape index (κ3) is 3.64. The van der Waals surface area contributed by atoms with Crippen molar-refractivity contribution in [2.45, 2.75) is 38.6 Å². The lowest BCUT2D eigenvalue weighted by Gasteiger charge is -2.31. The quantitative estimate of drug-likeness (QED) is 0.397. The van der Waals surface area contributed by atoms with Gasteiger partial charge in [0.15, 0.2) is 4.80 Å².